The van der Waals surface area contributed by atoms with Gasteiger partial charge < -0.3 is 4.90 Å². The van der Waals surface area contributed by atoms with Crippen molar-refractivity contribution in [2.45, 2.75) is 17.7 Å². The van der Waals surface area contributed by atoms with Crippen LogP contribution in [0.4, 0.5) is 0 Å². The molecule has 0 unspecified atom stereocenters. The third-order valence-corrected chi connectivity index (χ3v) is 6.66. The Morgan fingerprint density at radius 1 is 0.920 bits per heavy atom. The highest BCUT2D eigenvalue weighted by molar-refractivity contribution is 7.89. The average Bonchev–Trinajstić information content (AvgIpc) is 2.64. The maximum Gasteiger partial charge on any atom is 0.243 e. The third-order valence-electron chi connectivity index (χ3n) is 4.74. The number of hydrogen-bond donors (Lipinski definition) is 0. The number of hydrogen-bond acceptors (Lipinski definition) is 5. The molecule has 0 N–H and O–H groups in total. The molecule has 0 radical (unpaired) electrons. The second kappa shape index (κ2) is 7.63. The first kappa shape index (κ1) is 18.0. The molecule has 25 heavy (non-hydrogen) atoms. The molecule has 1 amide bonds. The van der Waals surface area contributed by atoms with Crippen LogP contribution in [0.5, 0.6) is 0 Å². The third kappa shape index (κ3) is 4.26. The molecule has 7 nitrogen and oxygen atoms in total. The summed E-state index contributed by atoms with van der Waals surface area (Å²) in [4.78, 5) is 27.7. The number of piperazine rings is 1. The summed E-state index contributed by atoms with van der Waals surface area (Å²) < 4.78 is 26.6. The van der Waals surface area contributed by atoms with Crippen LogP contribution < -0.4 is 0 Å². The van der Waals surface area contributed by atoms with Gasteiger partial charge in [0.25, 0.3) is 0 Å². The topological polar surface area (TPSA) is 78.0 Å². The minimum Gasteiger partial charge on any atom is -0.339 e. The number of sulfonamides is 1. The summed E-state index contributed by atoms with van der Waals surface area (Å²) in [6.45, 7) is 2.98. The van der Waals surface area contributed by atoms with Gasteiger partial charge in [-0.1, -0.05) is 18.2 Å². The molecular formula is C17H23N3O4S. The van der Waals surface area contributed by atoms with E-state index >= 15 is 0 Å². The van der Waals surface area contributed by atoms with Gasteiger partial charge in [-0.3, -0.25) is 14.5 Å². The molecule has 0 bridgehead atoms. The summed E-state index contributed by atoms with van der Waals surface area (Å²) in [5.41, 5.74) is 0. The van der Waals surface area contributed by atoms with Crippen molar-refractivity contribution in [1.82, 2.24) is 14.1 Å². The Kier molecular flexibility index (Phi) is 5.51. The Balaban J connectivity index is 1.53. The largest absolute Gasteiger partial charge is 0.339 e. The molecule has 2 aliphatic heterocycles. The summed E-state index contributed by atoms with van der Waals surface area (Å²) in [6, 6.07) is 8.37. The summed E-state index contributed by atoms with van der Waals surface area (Å²) in [7, 11) is -3.50. The molecule has 2 fully saturated rings. The van der Waals surface area contributed by atoms with Gasteiger partial charge in [-0.2, -0.15) is 4.31 Å². The van der Waals surface area contributed by atoms with Gasteiger partial charge in [0.1, 0.15) is 5.78 Å². The lowest BCUT2D eigenvalue weighted by molar-refractivity contribution is -0.135. The number of likely N-dealkylation sites (tertiary alicyclic amines) is 1. The standard InChI is InChI=1S/C17H23N3O4S/c21-15-6-8-18(9-7-15)14-17(22)19-10-12-20(13-11-19)25(23,24)16-4-2-1-3-5-16/h1-5H,6-14H2. The molecule has 1 aromatic rings. The number of carbonyl (C=O) groups excluding carboxylic acids is 2. The summed E-state index contributed by atoms with van der Waals surface area (Å²) in [5, 5.41) is 0. The minimum absolute atomic E-state index is 0.00566. The summed E-state index contributed by atoms with van der Waals surface area (Å²) in [5.74, 6) is 0.259. The number of Topliss-reactive ketones (excluding diaryl/α,β-unsaturated/α-hetero) is 1. The van der Waals surface area contributed by atoms with Gasteiger partial charge in [0.15, 0.2) is 0 Å². The van der Waals surface area contributed by atoms with Gasteiger partial charge in [0.05, 0.1) is 11.4 Å². The molecule has 8 heteroatoms. The van der Waals surface area contributed by atoms with E-state index in [1.165, 1.54) is 4.31 Å². The predicted molar refractivity (Wildman–Crippen MR) is 92.5 cm³/mol. The monoisotopic (exact) mass is 365 g/mol. The van der Waals surface area contributed by atoms with E-state index in [1.54, 1.807) is 35.2 Å². The van der Waals surface area contributed by atoms with Crippen molar-refractivity contribution in [3.05, 3.63) is 30.3 Å². The molecule has 3 rings (SSSR count). The van der Waals surface area contributed by atoms with Gasteiger partial charge in [0.2, 0.25) is 15.9 Å². The highest BCUT2D eigenvalue weighted by Crippen LogP contribution is 2.17. The molecule has 0 aromatic heterocycles. The van der Waals surface area contributed by atoms with Crippen molar-refractivity contribution in [1.29, 1.82) is 0 Å². The van der Waals surface area contributed by atoms with Crippen molar-refractivity contribution in [3.63, 3.8) is 0 Å². The lowest BCUT2D eigenvalue weighted by Crippen LogP contribution is -2.53. The summed E-state index contributed by atoms with van der Waals surface area (Å²) in [6.07, 6.45) is 1.02. The molecule has 2 heterocycles. The smallest absolute Gasteiger partial charge is 0.243 e. The van der Waals surface area contributed by atoms with Crippen LogP contribution in [0.15, 0.2) is 35.2 Å². The maximum absolute atomic E-state index is 12.6. The van der Waals surface area contributed by atoms with Crippen LogP contribution in [0, 0.1) is 0 Å². The van der Waals surface area contributed by atoms with E-state index in [2.05, 4.69) is 0 Å². The highest BCUT2D eigenvalue weighted by Gasteiger charge is 2.30. The lowest BCUT2D eigenvalue weighted by atomic mass is 10.1. The molecule has 0 atom stereocenters. The molecule has 0 saturated carbocycles. The zero-order valence-corrected chi connectivity index (χ0v) is 15.0. The van der Waals surface area contributed by atoms with Crippen LogP contribution >= 0.6 is 0 Å². The molecule has 2 aliphatic rings. The quantitative estimate of drug-likeness (QED) is 0.761. The molecule has 1 aromatic carbocycles. The average molecular weight is 365 g/mol. The fourth-order valence-electron chi connectivity index (χ4n) is 3.17. The molecule has 136 valence electrons. The Morgan fingerprint density at radius 2 is 1.52 bits per heavy atom. The minimum atomic E-state index is -3.50. The van der Waals surface area contributed by atoms with E-state index in [0.717, 1.165) is 0 Å². The van der Waals surface area contributed by atoms with E-state index in [0.29, 0.717) is 58.7 Å². The second-order valence-electron chi connectivity index (χ2n) is 6.41. The number of nitrogens with zero attached hydrogens (tertiary/aromatic N) is 3. The number of carbonyl (C=O) groups is 2. The van der Waals surface area contributed by atoms with Gasteiger partial charge in [-0.05, 0) is 12.1 Å². The summed E-state index contributed by atoms with van der Waals surface area (Å²) >= 11 is 0. The number of amides is 1. The second-order valence-corrected chi connectivity index (χ2v) is 8.35. The first-order valence-corrected chi connectivity index (χ1v) is 9.98. The van der Waals surface area contributed by atoms with E-state index in [1.807, 2.05) is 4.90 Å². The first-order valence-electron chi connectivity index (χ1n) is 8.54. The lowest BCUT2D eigenvalue weighted by Gasteiger charge is -2.35. The fraction of sp³-hybridized carbons (Fsp3) is 0.529. The first-order chi connectivity index (χ1) is 12.0. The predicted octanol–water partition coefficient (Wildman–Crippen LogP) is 0.184. The van der Waals surface area contributed by atoms with Crippen LogP contribution in [0.25, 0.3) is 0 Å². The maximum atomic E-state index is 12.6. The zero-order valence-electron chi connectivity index (χ0n) is 14.1. The Bertz CT molecular complexity index is 718. The van der Waals surface area contributed by atoms with Gasteiger partial charge >= 0.3 is 0 Å². The van der Waals surface area contributed by atoms with Crippen LogP contribution in [0.1, 0.15) is 12.8 Å². The number of piperidine rings is 1. The van der Waals surface area contributed by atoms with E-state index in [-0.39, 0.29) is 16.6 Å². The van der Waals surface area contributed by atoms with Crippen LogP contribution in [-0.2, 0) is 19.6 Å². The number of ketones is 1. The van der Waals surface area contributed by atoms with Crippen molar-refractivity contribution in [2.75, 3.05) is 45.8 Å². The highest BCUT2D eigenvalue weighted by atomic mass is 32.2. The number of rotatable bonds is 4. The Morgan fingerprint density at radius 3 is 2.12 bits per heavy atom. The molecule has 2 saturated heterocycles. The van der Waals surface area contributed by atoms with Gasteiger partial charge in [0, 0.05) is 52.1 Å². The van der Waals surface area contributed by atoms with Crippen molar-refractivity contribution in [2.24, 2.45) is 0 Å². The number of benzene rings is 1. The van der Waals surface area contributed by atoms with Crippen molar-refractivity contribution < 1.29 is 18.0 Å². The van der Waals surface area contributed by atoms with Crippen molar-refractivity contribution >= 4 is 21.7 Å². The van der Waals surface area contributed by atoms with E-state index in [4.69, 9.17) is 0 Å². The Hall–Kier alpha value is -1.77. The normalized spacial score (nSPS) is 20.6. The SMILES string of the molecule is O=C1CCN(CC(=O)N2CCN(S(=O)(=O)c3ccccc3)CC2)CC1. The van der Waals surface area contributed by atoms with E-state index < -0.39 is 10.0 Å². The van der Waals surface area contributed by atoms with Crippen LogP contribution in [0.2, 0.25) is 0 Å². The van der Waals surface area contributed by atoms with Crippen molar-refractivity contribution in [3.8, 4) is 0 Å². The zero-order chi connectivity index (χ0) is 17.9. The van der Waals surface area contributed by atoms with Crippen LogP contribution in [-0.4, -0.2) is 80.0 Å². The van der Waals surface area contributed by atoms with Gasteiger partial charge in [-0.25, -0.2) is 8.42 Å². The Labute approximate surface area is 148 Å². The molecule has 0 aliphatic carbocycles. The van der Waals surface area contributed by atoms with Gasteiger partial charge in [-0.15, -0.1) is 0 Å². The van der Waals surface area contributed by atoms with Crippen LogP contribution in [0.3, 0.4) is 0 Å². The fourth-order valence-corrected chi connectivity index (χ4v) is 4.61. The van der Waals surface area contributed by atoms with E-state index in [9.17, 15) is 18.0 Å². The molecule has 0 spiro atoms. The molecular weight excluding hydrogens is 342 g/mol.